The average Bonchev–Trinajstić information content (AvgIpc) is 3.14. The highest BCUT2D eigenvalue weighted by molar-refractivity contribution is 7.99. The van der Waals surface area contributed by atoms with Gasteiger partial charge in [-0.2, -0.15) is 5.26 Å². The van der Waals surface area contributed by atoms with Crippen molar-refractivity contribution < 1.29 is 9.53 Å². The fourth-order valence-corrected chi connectivity index (χ4v) is 3.64. The molecule has 24 heavy (non-hydrogen) atoms. The number of amides is 1. The number of hydrogen-bond donors (Lipinski definition) is 1. The highest BCUT2D eigenvalue weighted by Gasteiger charge is 2.18. The molecule has 3 rings (SSSR count). The zero-order chi connectivity index (χ0) is 16.8. The molecule has 0 radical (unpaired) electrons. The van der Waals surface area contributed by atoms with Crippen LogP contribution >= 0.6 is 11.8 Å². The Morgan fingerprint density at radius 3 is 2.71 bits per heavy atom. The fourth-order valence-electron chi connectivity index (χ4n) is 2.62. The normalized spacial score (nSPS) is 16.5. The van der Waals surface area contributed by atoms with Crippen LogP contribution in [0.5, 0.6) is 0 Å². The molecule has 0 aromatic heterocycles. The van der Waals surface area contributed by atoms with E-state index in [1.807, 2.05) is 42.5 Å². The minimum atomic E-state index is -0.108. The first-order valence-corrected chi connectivity index (χ1v) is 8.75. The predicted octanol–water partition coefficient (Wildman–Crippen LogP) is 3.62. The van der Waals surface area contributed by atoms with Crippen molar-refractivity contribution in [2.45, 2.75) is 28.7 Å². The summed E-state index contributed by atoms with van der Waals surface area (Å²) in [4.78, 5) is 14.2. The van der Waals surface area contributed by atoms with Crippen molar-refractivity contribution in [3.05, 3.63) is 59.7 Å². The number of nitriles is 1. The molecule has 0 aliphatic carbocycles. The van der Waals surface area contributed by atoms with Gasteiger partial charge in [0.1, 0.15) is 6.07 Å². The lowest BCUT2D eigenvalue weighted by Crippen LogP contribution is -2.32. The Balaban J connectivity index is 1.75. The molecule has 5 heteroatoms. The van der Waals surface area contributed by atoms with Gasteiger partial charge in [-0.15, -0.1) is 0 Å². The lowest BCUT2D eigenvalue weighted by atomic mass is 10.2. The summed E-state index contributed by atoms with van der Waals surface area (Å²) < 4.78 is 5.54. The van der Waals surface area contributed by atoms with Gasteiger partial charge >= 0.3 is 0 Å². The average molecular weight is 338 g/mol. The van der Waals surface area contributed by atoms with E-state index in [0.717, 1.165) is 29.2 Å². The Bertz CT molecular complexity index is 764. The van der Waals surface area contributed by atoms with E-state index in [2.05, 4.69) is 11.4 Å². The minimum Gasteiger partial charge on any atom is -0.376 e. The van der Waals surface area contributed by atoms with Crippen LogP contribution in [0.15, 0.2) is 58.3 Å². The monoisotopic (exact) mass is 338 g/mol. The molecule has 1 atom stereocenters. The van der Waals surface area contributed by atoms with Crippen LogP contribution in [0.2, 0.25) is 0 Å². The maximum atomic E-state index is 12.5. The molecule has 1 amide bonds. The standard InChI is InChI=1S/C19H18N2O2S/c20-12-14-6-1-3-9-17(14)24-18-10-4-2-8-16(18)19(22)21-13-15-7-5-11-23-15/h1-4,6,8-10,15H,5,7,11,13H2,(H,21,22)/t15-/m1/s1. The van der Waals surface area contributed by atoms with Crippen molar-refractivity contribution in [2.24, 2.45) is 0 Å². The molecule has 1 N–H and O–H groups in total. The first-order valence-electron chi connectivity index (χ1n) is 7.94. The topological polar surface area (TPSA) is 62.1 Å². The van der Waals surface area contributed by atoms with Crippen molar-refractivity contribution in [3.8, 4) is 6.07 Å². The maximum absolute atomic E-state index is 12.5. The summed E-state index contributed by atoms with van der Waals surface area (Å²) in [6, 6.07) is 17.0. The van der Waals surface area contributed by atoms with Crippen molar-refractivity contribution in [2.75, 3.05) is 13.2 Å². The molecule has 0 bridgehead atoms. The third-order valence-electron chi connectivity index (χ3n) is 3.87. The summed E-state index contributed by atoms with van der Waals surface area (Å²) in [5.74, 6) is -0.108. The summed E-state index contributed by atoms with van der Waals surface area (Å²) in [6.07, 6.45) is 2.16. The quantitative estimate of drug-likeness (QED) is 0.904. The van der Waals surface area contributed by atoms with Crippen LogP contribution in [0, 0.1) is 11.3 Å². The Morgan fingerprint density at radius 1 is 1.21 bits per heavy atom. The summed E-state index contributed by atoms with van der Waals surface area (Å²) in [5.41, 5.74) is 1.23. The molecule has 0 unspecified atom stereocenters. The second-order valence-corrected chi connectivity index (χ2v) is 6.64. The lowest BCUT2D eigenvalue weighted by Gasteiger charge is -2.13. The van der Waals surface area contributed by atoms with E-state index in [-0.39, 0.29) is 12.0 Å². The van der Waals surface area contributed by atoms with Gasteiger partial charge in [-0.1, -0.05) is 36.0 Å². The number of benzene rings is 2. The third-order valence-corrected chi connectivity index (χ3v) is 5.03. The van der Waals surface area contributed by atoms with E-state index < -0.39 is 0 Å². The van der Waals surface area contributed by atoms with Crippen molar-refractivity contribution in [1.29, 1.82) is 5.26 Å². The van der Waals surface area contributed by atoms with E-state index in [9.17, 15) is 10.1 Å². The molecule has 0 spiro atoms. The number of nitrogens with zero attached hydrogens (tertiary/aromatic N) is 1. The Kier molecular flexibility index (Phi) is 5.52. The highest BCUT2D eigenvalue weighted by Crippen LogP contribution is 2.32. The van der Waals surface area contributed by atoms with E-state index in [1.165, 1.54) is 11.8 Å². The molecular weight excluding hydrogens is 320 g/mol. The number of hydrogen-bond acceptors (Lipinski definition) is 4. The van der Waals surface area contributed by atoms with Crippen LogP contribution in [0.4, 0.5) is 0 Å². The van der Waals surface area contributed by atoms with Crippen molar-refractivity contribution in [3.63, 3.8) is 0 Å². The van der Waals surface area contributed by atoms with Gasteiger partial charge < -0.3 is 10.1 Å². The molecule has 1 aliphatic rings. The first-order chi connectivity index (χ1) is 11.8. The Labute approximate surface area is 145 Å². The Morgan fingerprint density at radius 2 is 1.96 bits per heavy atom. The van der Waals surface area contributed by atoms with Crippen LogP contribution in [-0.4, -0.2) is 25.2 Å². The van der Waals surface area contributed by atoms with E-state index in [0.29, 0.717) is 17.7 Å². The summed E-state index contributed by atoms with van der Waals surface area (Å²) >= 11 is 1.44. The molecular formula is C19H18N2O2S. The van der Waals surface area contributed by atoms with Gasteiger partial charge in [0.2, 0.25) is 0 Å². The predicted molar refractivity (Wildman–Crippen MR) is 93.0 cm³/mol. The molecule has 1 saturated heterocycles. The molecule has 122 valence electrons. The minimum absolute atomic E-state index is 0.108. The summed E-state index contributed by atoms with van der Waals surface area (Å²) in [5, 5.41) is 12.2. The molecule has 0 saturated carbocycles. The van der Waals surface area contributed by atoms with Crippen molar-refractivity contribution in [1.82, 2.24) is 5.32 Å². The van der Waals surface area contributed by atoms with Gasteiger partial charge in [0.05, 0.1) is 17.2 Å². The molecule has 1 fully saturated rings. The smallest absolute Gasteiger partial charge is 0.252 e. The van der Waals surface area contributed by atoms with Gasteiger partial charge in [0, 0.05) is 22.9 Å². The number of carbonyl (C=O) groups is 1. The largest absolute Gasteiger partial charge is 0.376 e. The van der Waals surface area contributed by atoms with Crippen LogP contribution < -0.4 is 5.32 Å². The third kappa shape index (κ3) is 3.97. The second kappa shape index (κ2) is 8.00. The SMILES string of the molecule is N#Cc1ccccc1Sc1ccccc1C(=O)NC[C@H]1CCCO1. The molecule has 4 nitrogen and oxygen atoms in total. The molecule has 2 aromatic rings. The maximum Gasteiger partial charge on any atom is 0.252 e. The highest BCUT2D eigenvalue weighted by atomic mass is 32.2. The van der Waals surface area contributed by atoms with Gasteiger partial charge in [0.25, 0.3) is 5.91 Å². The Hall–Kier alpha value is -2.29. The molecule has 2 aromatic carbocycles. The van der Waals surface area contributed by atoms with Gasteiger partial charge in [-0.3, -0.25) is 4.79 Å². The van der Waals surface area contributed by atoms with Crippen LogP contribution in [-0.2, 0) is 4.74 Å². The van der Waals surface area contributed by atoms with E-state index in [4.69, 9.17) is 4.74 Å². The zero-order valence-electron chi connectivity index (χ0n) is 13.2. The second-order valence-electron chi connectivity index (χ2n) is 5.55. The van der Waals surface area contributed by atoms with Crippen molar-refractivity contribution >= 4 is 17.7 Å². The van der Waals surface area contributed by atoms with Gasteiger partial charge in [0.15, 0.2) is 0 Å². The lowest BCUT2D eigenvalue weighted by molar-refractivity contribution is 0.0855. The van der Waals surface area contributed by atoms with Gasteiger partial charge in [-0.25, -0.2) is 0 Å². The van der Waals surface area contributed by atoms with E-state index in [1.54, 1.807) is 6.07 Å². The number of carbonyl (C=O) groups excluding carboxylic acids is 1. The van der Waals surface area contributed by atoms with Crippen LogP contribution in [0.3, 0.4) is 0 Å². The fraction of sp³-hybridized carbons (Fsp3) is 0.263. The van der Waals surface area contributed by atoms with Crippen LogP contribution in [0.1, 0.15) is 28.8 Å². The summed E-state index contributed by atoms with van der Waals surface area (Å²) in [6.45, 7) is 1.31. The molecule has 1 aliphatic heterocycles. The number of ether oxygens (including phenoxy) is 1. The summed E-state index contributed by atoms with van der Waals surface area (Å²) in [7, 11) is 0. The van der Waals surface area contributed by atoms with E-state index >= 15 is 0 Å². The first kappa shape index (κ1) is 16.6. The zero-order valence-corrected chi connectivity index (χ0v) is 14.0. The van der Waals surface area contributed by atoms with Crippen LogP contribution in [0.25, 0.3) is 0 Å². The number of rotatable bonds is 5. The van der Waals surface area contributed by atoms with Gasteiger partial charge in [-0.05, 0) is 37.1 Å². The number of nitrogens with one attached hydrogen (secondary N) is 1. The molecule has 1 heterocycles.